The molecule has 1 heterocycles. The fraction of sp³-hybridized carbons (Fsp3) is 0.500. The Labute approximate surface area is 109 Å². The van der Waals surface area contributed by atoms with E-state index in [0.29, 0.717) is 30.3 Å². The van der Waals surface area contributed by atoms with Crippen LogP contribution >= 0.6 is 11.6 Å². The number of hydrogen-bond acceptors (Lipinski definition) is 3. The first kappa shape index (κ1) is 13.4. The molecule has 1 aliphatic heterocycles. The van der Waals surface area contributed by atoms with Gasteiger partial charge in [-0.3, -0.25) is 0 Å². The van der Waals surface area contributed by atoms with Crippen LogP contribution in [0.5, 0.6) is 11.5 Å². The molecule has 0 aliphatic carbocycles. The molecule has 1 aromatic carbocycles. The highest BCUT2D eigenvalue weighted by Gasteiger charge is 2.24. The molecule has 0 fully saturated rings. The van der Waals surface area contributed by atoms with Gasteiger partial charge in [0.2, 0.25) is 6.43 Å². The van der Waals surface area contributed by atoms with Crippen molar-refractivity contribution in [3.05, 3.63) is 22.7 Å². The standard InChI is InChI=1S/C12H14ClF2NO2/c13-9-4-7(8(6-16)12(14)15)5-10-11(9)18-3-1-2-17-10/h4-5,8,12H,1-3,6,16H2. The fourth-order valence-corrected chi connectivity index (χ4v) is 2.12. The molecule has 0 saturated carbocycles. The van der Waals surface area contributed by atoms with E-state index in [-0.39, 0.29) is 11.6 Å². The molecule has 6 heteroatoms. The van der Waals surface area contributed by atoms with Crippen LogP contribution in [-0.4, -0.2) is 26.2 Å². The molecule has 18 heavy (non-hydrogen) atoms. The predicted octanol–water partition coefficient (Wildman–Crippen LogP) is 2.81. The highest BCUT2D eigenvalue weighted by Crippen LogP contribution is 2.40. The van der Waals surface area contributed by atoms with Crippen molar-refractivity contribution in [3.63, 3.8) is 0 Å². The number of fused-ring (bicyclic) bond motifs is 1. The molecule has 1 unspecified atom stereocenters. The van der Waals surface area contributed by atoms with Crippen LogP contribution in [0.2, 0.25) is 5.02 Å². The Balaban J connectivity index is 2.39. The maximum atomic E-state index is 12.8. The van der Waals surface area contributed by atoms with Crippen molar-refractivity contribution < 1.29 is 18.3 Å². The third-order valence-corrected chi connectivity index (χ3v) is 3.09. The minimum atomic E-state index is -2.53. The quantitative estimate of drug-likeness (QED) is 0.924. The van der Waals surface area contributed by atoms with Gasteiger partial charge in [-0.15, -0.1) is 0 Å². The normalized spacial score (nSPS) is 16.5. The fourth-order valence-electron chi connectivity index (χ4n) is 1.85. The number of halogens is 3. The second-order valence-corrected chi connectivity index (χ2v) is 4.46. The van der Waals surface area contributed by atoms with Crippen molar-refractivity contribution in [3.8, 4) is 11.5 Å². The summed E-state index contributed by atoms with van der Waals surface area (Å²) < 4.78 is 36.5. The summed E-state index contributed by atoms with van der Waals surface area (Å²) in [5, 5.41) is 0.281. The van der Waals surface area contributed by atoms with Gasteiger partial charge in [0, 0.05) is 13.0 Å². The van der Waals surface area contributed by atoms with Crippen molar-refractivity contribution in [2.75, 3.05) is 19.8 Å². The lowest BCUT2D eigenvalue weighted by atomic mass is 9.99. The minimum absolute atomic E-state index is 0.145. The number of rotatable bonds is 3. The molecule has 0 amide bonds. The largest absolute Gasteiger partial charge is 0.489 e. The lowest BCUT2D eigenvalue weighted by Crippen LogP contribution is -2.19. The number of hydrogen-bond donors (Lipinski definition) is 1. The molecule has 0 aromatic heterocycles. The van der Waals surface area contributed by atoms with E-state index in [1.165, 1.54) is 12.1 Å². The van der Waals surface area contributed by atoms with E-state index in [4.69, 9.17) is 26.8 Å². The van der Waals surface area contributed by atoms with Crippen LogP contribution < -0.4 is 15.2 Å². The van der Waals surface area contributed by atoms with Gasteiger partial charge < -0.3 is 15.2 Å². The van der Waals surface area contributed by atoms with Crippen LogP contribution in [0.4, 0.5) is 8.78 Å². The van der Waals surface area contributed by atoms with Crippen LogP contribution in [-0.2, 0) is 0 Å². The lowest BCUT2D eigenvalue weighted by molar-refractivity contribution is 0.117. The van der Waals surface area contributed by atoms with E-state index in [9.17, 15) is 8.78 Å². The predicted molar refractivity (Wildman–Crippen MR) is 64.9 cm³/mol. The number of benzene rings is 1. The number of ether oxygens (including phenoxy) is 2. The molecule has 1 aliphatic rings. The van der Waals surface area contributed by atoms with Crippen molar-refractivity contribution >= 4 is 11.6 Å². The topological polar surface area (TPSA) is 44.5 Å². The van der Waals surface area contributed by atoms with Gasteiger partial charge in [-0.1, -0.05) is 11.6 Å². The molecule has 100 valence electrons. The number of nitrogens with two attached hydrogens (primary N) is 1. The van der Waals surface area contributed by atoms with Crippen LogP contribution in [0.15, 0.2) is 12.1 Å². The second kappa shape index (κ2) is 5.71. The summed E-state index contributed by atoms with van der Waals surface area (Å²) in [7, 11) is 0. The SMILES string of the molecule is NCC(c1cc(Cl)c2c(c1)OCCCO2)C(F)F. The monoisotopic (exact) mass is 277 g/mol. The van der Waals surface area contributed by atoms with E-state index < -0.39 is 12.3 Å². The molecular weight excluding hydrogens is 264 g/mol. The molecule has 2 N–H and O–H groups in total. The summed E-state index contributed by atoms with van der Waals surface area (Å²) in [6.45, 7) is 0.837. The van der Waals surface area contributed by atoms with E-state index in [2.05, 4.69) is 0 Å². The van der Waals surface area contributed by atoms with Crippen molar-refractivity contribution in [2.45, 2.75) is 18.8 Å². The van der Waals surface area contributed by atoms with Crippen molar-refractivity contribution in [1.29, 1.82) is 0 Å². The Morgan fingerprint density at radius 2 is 2.00 bits per heavy atom. The van der Waals surface area contributed by atoms with Gasteiger partial charge in [-0.2, -0.15) is 0 Å². The molecule has 2 rings (SSSR count). The summed E-state index contributed by atoms with van der Waals surface area (Å²) in [6, 6.07) is 3.01. The first-order chi connectivity index (χ1) is 8.63. The zero-order chi connectivity index (χ0) is 13.1. The Hall–Kier alpha value is -1.07. The Kier molecular flexibility index (Phi) is 4.24. The molecule has 0 spiro atoms. The van der Waals surface area contributed by atoms with Gasteiger partial charge >= 0.3 is 0 Å². The van der Waals surface area contributed by atoms with E-state index >= 15 is 0 Å². The van der Waals surface area contributed by atoms with Gasteiger partial charge in [0.25, 0.3) is 0 Å². The summed E-state index contributed by atoms with van der Waals surface area (Å²) in [6.07, 6.45) is -1.80. The Morgan fingerprint density at radius 3 is 2.67 bits per heavy atom. The van der Waals surface area contributed by atoms with Crippen LogP contribution in [0.3, 0.4) is 0 Å². The van der Waals surface area contributed by atoms with Gasteiger partial charge in [-0.05, 0) is 17.7 Å². The maximum Gasteiger partial charge on any atom is 0.246 e. The first-order valence-electron chi connectivity index (χ1n) is 5.70. The smallest absolute Gasteiger partial charge is 0.246 e. The van der Waals surface area contributed by atoms with Crippen molar-refractivity contribution in [1.82, 2.24) is 0 Å². The highest BCUT2D eigenvalue weighted by atomic mass is 35.5. The van der Waals surface area contributed by atoms with Gasteiger partial charge in [0.15, 0.2) is 11.5 Å². The lowest BCUT2D eigenvalue weighted by Gasteiger charge is -2.17. The number of alkyl halides is 2. The van der Waals surface area contributed by atoms with Gasteiger partial charge in [0.05, 0.1) is 24.2 Å². The summed E-state index contributed by atoms with van der Waals surface area (Å²) in [5.41, 5.74) is 5.74. The zero-order valence-corrected chi connectivity index (χ0v) is 10.4. The van der Waals surface area contributed by atoms with Gasteiger partial charge in [0.1, 0.15) is 0 Å². The Morgan fingerprint density at radius 1 is 1.28 bits per heavy atom. The summed E-state index contributed by atoms with van der Waals surface area (Å²) in [4.78, 5) is 0. The third kappa shape index (κ3) is 2.67. The average Bonchev–Trinajstić information content (AvgIpc) is 2.55. The molecular formula is C12H14ClF2NO2. The summed E-state index contributed by atoms with van der Waals surface area (Å²) >= 11 is 6.03. The molecule has 0 radical (unpaired) electrons. The second-order valence-electron chi connectivity index (χ2n) is 4.06. The highest BCUT2D eigenvalue weighted by molar-refractivity contribution is 6.32. The van der Waals surface area contributed by atoms with E-state index in [1.54, 1.807) is 0 Å². The molecule has 3 nitrogen and oxygen atoms in total. The average molecular weight is 278 g/mol. The van der Waals surface area contributed by atoms with Crippen LogP contribution in [0.1, 0.15) is 17.9 Å². The maximum absolute atomic E-state index is 12.8. The molecule has 1 aromatic rings. The third-order valence-electron chi connectivity index (χ3n) is 2.81. The van der Waals surface area contributed by atoms with E-state index in [1.807, 2.05) is 0 Å². The van der Waals surface area contributed by atoms with Crippen molar-refractivity contribution in [2.24, 2.45) is 5.73 Å². The molecule has 0 saturated heterocycles. The Bertz CT molecular complexity index is 429. The molecule has 1 atom stereocenters. The van der Waals surface area contributed by atoms with E-state index in [0.717, 1.165) is 6.42 Å². The zero-order valence-electron chi connectivity index (χ0n) is 9.67. The van der Waals surface area contributed by atoms with Gasteiger partial charge in [-0.25, -0.2) is 8.78 Å². The summed E-state index contributed by atoms with van der Waals surface area (Å²) in [5.74, 6) is -0.211. The van der Waals surface area contributed by atoms with Crippen LogP contribution in [0, 0.1) is 0 Å². The first-order valence-corrected chi connectivity index (χ1v) is 6.08. The minimum Gasteiger partial charge on any atom is -0.489 e. The van der Waals surface area contributed by atoms with Crippen LogP contribution in [0.25, 0.3) is 0 Å². The molecule has 0 bridgehead atoms.